The molecule has 1 aromatic rings. The van der Waals surface area contributed by atoms with Crippen LogP contribution in [0.3, 0.4) is 0 Å². The first-order valence-corrected chi connectivity index (χ1v) is 7.20. The molecule has 0 heterocycles. The first-order valence-electron chi connectivity index (χ1n) is 7.20. The number of benzene rings is 1. The molecule has 2 amide bonds. The SMILES string of the molecule is CC(=O)N(CC(=O)NC1CCCC1)c1ccc(C)cc1. The van der Waals surface area contributed by atoms with E-state index in [4.69, 9.17) is 0 Å². The summed E-state index contributed by atoms with van der Waals surface area (Å²) in [6.07, 6.45) is 4.46. The lowest BCUT2D eigenvalue weighted by atomic mass is 10.2. The highest BCUT2D eigenvalue weighted by atomic mass is 16.2. The van der Waals surface area contributed by atoms with Gasteiger partial charge in [-0.1, -0.05) is 30.5 Å². The number of carbonyl (C=O) groups excluding carboxylic acids is 2. The van der Waals surface area contributed by atoms with Crippen molar-refractivity contribution in [1.29, 1.82) is 0 Å². The third-order valence-corrected chi connectivity index (χ3v) is 3.75. The molecule has 4 nitrogen and oxygen atoms in total. The molecule has 1 fully saturated rings. The van der Waals surface area contributed by atoms with E-state index < -0.39 is 0 Å². The van der Waals surface area contributed by atoms with E-state index in [9.17, 15) is 9.59 Å². The molecular formula is C16H22N2O2. The van der Waals surface area contributed by atoms with Crippen LogP contribution in [0.1, 0.15) is 38.2 Å². The van der Waals surface area contributed by atoms with Gasteiger partial charge in [0.1, 0.15) is 6.54 Å². The summed E-state index contributed by atoms with van der Waals surface area (Å²) in [6.45, 7) is 3.58. The smallest absolute Gasteiger partial charge is 0.240 e. The fraction of sp³-hybridized carbons (Fsp3) is 0.500. The number of nitrogens with one attached hydrogen (secondary N) is 1. The molecule has 4 heteroatoms. The Bertz CT molecular complexity index is 476. The lowest BCUT2D eigenvalue weighted by Crippen LogP contribution is -2.43. The van der Waals surface area contributed by atoms with Gasteiger partial charge < -0.3 is 10.2 Å². The Morgan fingerprint density at radius 3 is 2.35 bits per heavy atom. The summed E-state index contributed by atoms with van der Waals surface area (Å²) in [6, 6.07) is 7.92. The van der Waals surface area contributed by atoms with Crippen molar-refractivity contribution >= 4 is 17.5 Å². The molecule has 0 spiro atoms. The number of rotatable bonds is 4. The average molecular weight is 274 g/mol. The largest absolute Gasteiger partial charge is 0.352 e. The summed E-state index contributed by atoms with van der Waals surface area (Å²) in [5.74, 6) is -0.192. The summed E-state index contributed by atoms with van der Waals surface area (Å²) in [4.78, 5) is 25.3. The first kappa shape index (κ1) is 14.6. The Hall–Kier alpha value is -1.84. The van der Waals surface area contributed by atoms with Crippen LogP contribution in [0.5, 0.6) is 0 Å². The van der Waals surface area contributed by atoms with Crippen molar-refractivity contribution in [2.75, 3.05) is 11.4 Å². The molecule has 1 aliphatic rings. The quantitative estimate of drug-likeness (QED) is 0.916. The maximum absolute atomic E-state index is 12.0. The molecule has 20 heavy (non-hydrogen) atoms. The average Bonchev–Trinajstić information content (AvgIpc) is 2.90. The summed E-state index contributed by atoms with van der Waals surface area (Å²) < 4.78 is 0. The van der Waals surface area contributed by atoms with Gasteiger partial charge in [0.25, 0.3) is 0 Å². The maximum atomic E-state index is 12.0. The lowest BCUT2D eigenvalue weighted by molar-refractivity contribution is -0.123. The predicted molar refractivity (Wildman–Crippen MR) is 79.6 cm³/mol. The second-order valence-corrected chi connectivity index (χ2v) is 5.49. The summed E-state index contributed by atoms with van der Waals surface area (Å²) in [7, 11) is 0. The van der Waals surface area contributed by atoms with Gasteiger partial charge in [0.2, 0.25) is 11.8 Å². The molecule has 1 aliphatic carbocycles. The van der Waals surface area contributed by atoms with Crippen LogP contribution in [-0.4, -0.2) is 24.4 Å². The summed E-state index contributed by atoms with van der Waals surface area (Å²) in [5, 5.41) is 3.01. The standard InChI is InChI=1S/C16H22N2O2/c1-12-7-9-15(10-8-12)18(13(2)19)11-16(20)17-14-5-3-4-6-14/h7-10,14H,3-6,11H2,1-2H3,(H,17,20). The molecule has 1 N–H and O–H groups in total. The Labute approximate surface area is 120 Å². The zero-order chi connectivity index (χ0) is 14.5. The van der Waals surface area contributed by atoms with Gasteiger partial charge in [-0.2, -0.15) is 0 Å². The summed E-state index contributed by atoms with van der Waals surface area (Å²) in [5.41, 5.74) is 1.90. The topological polar surface area (TPSA) is 49.4 Å². The molecule has 0 atom stereocenters. The van der Waals surface area contributed by atoms with Crippen molar-refractivity contribution in [3.8, 4) is 0 Å². The van der Waals surface area contributed by atoms with E-state index in [2.05, 4.69) is 5.32 Å². The van der Waals surface area contributed by atoms with Gasteiger partial charge in [-0.05, 0) is 31.9 Å². The Kier molecular flexibility index (Phi) is 4.77. The highest BCUT2D eigenvalue weighted by molar-refractivity contribution is 5.97. The van der Waals surface area contributed by atoms with E-state index in [1.165, 1.54) is 24.7 Å². The molecule has 0 saturated heterocycles. The Balaban J connectivity index is 1.99. The third-order valence-electron chi connectivity index (χ3n) is 3.75. The van der Waals surface area contributed by atoms with Gasteiger partial charge in [0, 0.05) is 18.7 Å². The number of hydrogen-bond donors (Lipinski definition) is 1. The van der Waals surface area contributed by atoms with E-state index in [-0.39, 0.29) is 24.4 Å². The fourth-order valence-electron chi connectivity index (χ4n) is 2.60. The normalized spacial score (nSPS) is 15.1. The van der Waals surface area contributed by atoms with Crippen LogP contribution in [-0.2, 0) is 9.59 Å². The van der Waals surface area contributed by atoms with E-state index in [1.807, 2.05) is 31.2 Å². The minimum Gasteiger partial charge on any atom is -0.352 e. The van der Waals surface area contributed by atoms with Crippen LogP contribution in [0.2, 0.25) is 0 Å². The van der Waals surface area contributed by atoms with Crippen molar-refractivity contribution in [1.82, 2.24) is 5.32 Å². The molecule has 0 aromatic heterocycles. The Morgan fingerprint density at radius 2 is 1.80 bits per heavy atom. The second-order valence-electron chi connectivity index (χ2n) is 5.49. The molecule has 108 valence electrons. The van der Waals surface area contributed by atoms with Gasteiger partial charge in [-0.15, -0.1) is 0 Å². The molecule has 1 saturated carbocycles. The Morgan fingerprint density at radius 1 is 1.20 bits per heavy atom. The van der Waals surface area contributed by atoms with Crippen molar-refractivity contribution in [3.05, 3.63) is 29.8 Å². The van der Waals surface area contributed by atoms with Crippen molar-refractivity contribution < 1.29 is 9.59 Å². The van der Waals surface area contributed by atoms with Gasteiger partial charge in [0.05, 0.1) is 0 Å². The number of nitrogens with zero attached hydrogens (tertiary/aromatic N) is 1. The maximum Gasteiger partial charge on any atom is 0.240 e. The molecular weight excluding hydrogens is 252 g/mol. The molecule has 0 aliphatic heterocycles. The molecule has 1 aromatic carbocycles. The zero-order valence-corrected chi connectivity index (χ0v) is 12.2. The van der Waals surface area contributed by atoms with Crippen LogP contribution in [0.25, 0.3) is 0 Å². The van der Waals surface area contributed by atoms with Crippen molar-refractivity contribution in [2.45, 2.75) is 45.6 Å². The predicted octanol–water partition coefficient (Wildman–Crippen LogP) is 2.41. The van der Waals surface area contributed by atoms with Gasteiger partial charge in [-0.25, -0.2) is 0 Å². The van der Waals surface area contributed by atoms with E-state index >= 15 is 0 Å². The highest BCUT2D eigenvalue weighted by Gasteiger charge is 2.20. The first-order chi connectivity index (χ1) is 9.56. The van der Waals surface area contributed by atoms with E-state index in [0.29, 0.717) is 0 Å². The minimum absolute atomic E-state index is 0.0762. The second kappa shape index (κ2) is 6.55. The molecule has 2 rings (SSSR count). The zero-order valence-electron chi connectivity index (χ0n) is 12.2. The minimum atomic E-state index is -0.115. The number of aryl methyl sites for hydroxylation is 1. The van der Waals surface area contributed by atoms with Crippen LogP contribution >= 0.6 is 0 Å². The van der Waals surface area contributed by atoms with Crippen LogP contribution < -0.4 is 10.2 Å². The highest BCUT2D eigenvalue weighted by Crippen LogP contribution is 2.18. The molecule has 0 radical (unpaired) electrons. The van der Waals surface area contributed by atoms with Crippen molar-refractivity contribution in [3.63, 3.8) is 0 Å². The van der Waals surface area contributed by atoms with Gasteiger partial charge in [0.15, 0.2) is 0 Å². The summed E-state index contributed by atoms with van der Waals surface area (Å²) >= 11 is 0. The number of anilines is 1. The van der Waals surface area contributed by atoms with Gasteiger partial charge in [-0.3, -0.25) is 9.59 Å². The number of carbonyl (C=O) groups is 2. The van der Waals surface area contributed by atoms with Gasteiger partial charge >= 0.3 is 0 Å². The van der Waals surface area contributed by atoms with Crippen LogP contribution in [0, 0.1) is 6.92 Å². The fourth-order valence-corrected chi connectivity index (χ4v) is 2.60. The lowest BCUT2D eigenvalue weighted by Gasteiger charge is -2.22. The molecule has 0 unspecified atom stereocenters. The van der Waals surface area contributed by atoms with Crippen LogP contribution in [0.15, 0.2) is 24.3 Å². The third kappa shape index (κ3) is 3.83. The van der Waals surface area contributed by atoms with E-state index in [1.54, 1.807) is 0 Å². The number of amides is 2. The molecule has 0 bridgehead atoms. The van der Waals surface area contributed by atoms with Crippen molar-refractivity contribution in [2.24, 2.45) is 0 Å². The van der Waals surface area contributed by atoms with E-state index in [0.717, 1.165) is 24.1 Å². The monoisotopic (exact) mass is 274 g/mol. The number of hydrogen-bond acceptors (Lipinski definition) is 2. The van der Waals surface area contributed by atoms with Crippen LogP contribution in [0.4, 0.5) is 5.69 Å².